The molecule has 1 heterocycles. The Bertz CT molecular complexity index is 863. The molecule has 1 aliphatic rings. The molecule has 1 aliphatic heterocycles. The fourth-order valence-electron chi connectivity index (χ4n) is 3.50. The van der Waals surface area contributed by atoms with Gasteiger partial charge in [-0.1, -0.05) is 48.5 Å². The van der Waals surface area contributed by atoms with Gasteiger partial charge in [0.15, 0.2) is 5.96 Å². The summed E-state index contributed by atoms with van der Waals surface area (Å²) in [6.07, 6.45) is 1.81. The van der Waals surface area contributed by atoms with Crippen LogP contribution < -0.4 is 5.32 Å². The van der Waals surface area contributed by atoms with Crippen molar-refractivity contribution in [1.82, 2.24) is 20.0 Å². The molecule has 0 unspecified atom stereocenters. The number of likely N-dealkylation sites (N-methyl/N-ethyl adjacent to an activating group) is 1. The second-order valence-electron chi connectivity index (χ2n) is 7.50. The van der Waals surface area contributed by atoms with E-state index in [1.165, 1.54) is 16.3 Å². The average Bonchev–Trinajstić information content (AvgIpc) is 2.74. The highest BCUT2D eigenvalue weighted by Crippen LogP contribution is 2.20. The lowest BCUT2D eigenvalue weighted by Gasteiger charge is -2.36. The number of carbonyl (C=O) groups excluding carboxylic acids is 1. The number of benzene rings is 2. The number of hydrogen-bond acceptors (Lipinski definition) is 3. The van der Waals surface area contributed by atoms with Gasteiger partial charge in [0.2, 0.25) is 5.91 Å². The highest BCUT2D eigenvalue weighted by Gasteiger charge is 2.20. The monoisotopic (exact) mass is 393 g/mol. The maximum Gasteiger partial charge on any atom is 0.243 e. The third kappa shape index (κ3) is 5.57. The predicted molar refractivity (Wildman–Crippen MR) is 120 cm³/mol. The molecule has 1 fully saturated rings. The molecule has 6 nitrogen and oxygen atoms in total. The van der Waals surface area contributed by atoms with E-state index in [1.807, 2.05) is 0 Å². The minimum absolute atomic E-state index is 0.00232. The van der Waals surface area contributed by atoms with Gasteiger partial charge in [-0.3, -0.25) is 9.69 Å². The van der Waals surface area contributed by atoms with E-state index in [-0.39, 0.29) is 12.5 Å². The van der Waals surface area contributed by atoms with Gasteiger partial charge in [0.25, 0.3) is 0 Å². The molecule has 3 rings (SSSR count). The number of amides is 1. The smallest absolute Gasteiger partial charge is 0.243 e. The summed E-state index contributed by atoms with van der Waals surface area (Å²) < 4.78 is 0. The molecule has 154 valence electrons. The van der Waals surface area contributed by atoms with E-state index in [0.717, 1.165) is 38.7 Å². The van der Waals surface area contributed by atoms with E-state index in [0.29, 0.717) is 6.54 Å². The number of carbonyl (C=O) groups is 1. The fourth-order valence-corrected chi connectivity index (χ4v) is 3.50. The Morgan fingerprint density at radius 3 is 2.59 bits per heavy atom. The zero-order chi connectivity index (χ0) is 20.6. The molecule has 2 aromatic rings. The molecule has 29 heavy (non-hydrogen) atoms. The lowest BCUT2D eigenvalue weighted by atomic mass is 10.0. The van der Waals surface area contributed by atoms with Crippen LogP contribution in [-0.4, -0.2) is 79.9 Å². The summed E-state index contributed by atoms with van der Waals surface area (Å²) in [5, 5.41) is 5.91. The predicted octanol–water partition coefficient (Wildman–Crippen LogP) is 2.18. The normalized spacial score (nSPS) is 15.4. The first kappa shape index (κ1) is 20.9. The van der Waals surface area contributed by atoms with Crippen LogP contribution in [0.5, 0.6) is 0 Å². The second kappa shape index (κ2) is 10.1. The summed E-state index contributed by atoms with van der Waals surface area (Å²) in [7, 11) is 3.50. The van der Waals surface area contributed by atoms with E-state index >= 15 is 0 Å². The number of rotatable bonds is 6. The zero-order valence-corrected chi connectivity index (χ0v) is 17.5. The number of aliphatic imine (C=N–C) groups is 1. The highest BCUT2D eigenvalue weighted by atomic mass is 16.2. The molecule has 0 radical (unpaired) electrons. The number of hydrogen-bond donors (Lipinski definition) is 1. The molecular weight excluding hydrogens is 362 g/mol. The maximum absolute atomic E-state index is 11.9. The van der Waals surface area contributed by atoms with Crippen LogP contribution in [0.3, 0.4) is 0 Å². The standard InChI is InChI=1S/C23H31N5O/c1-4-12-24-23(25-17-22(29)26(2)3)28-15-13-27(14-16-28)18-20-10-7-9-19-8-5-6-11-21(19)20/h4-11H,1,12-18H2,2-3H3,(H,24,25). The van der Waals surface area contributed by atoms with Crippen molar-refractivity contribution in [2.75, 3.05) is 53.4 Å². The van der Waals surface area contributed by atoms with E-state index < -0.39 is 0 Å². The van der Waals surface area contributed by atoms with E-state index in [9.17, 15) is 4.79 Å². The Kier molecular flexibility index (Phi) is 7.25. The SMILES string of the molecule is C=CCNC(=NCC(=O)N(C)C)N1CCN(Cc2cccc3ccccc23)CC1. The van der Waals surface area contributed by atoms with Crippen LogP contribution in [0.1, 0.15) is 5.56 Å². The van der Waals surface area contributed by atoms with Gasteiger partial charge < -0.3 is 15.1 Å². The van der Waals surface area contributed by atoms with Gasteiger partial charge in [0.1, 0.15) is 6.54 Å². The minimum atomic E-state index is -0.00232. The van der Waals surface area contributed by atoms with Crippen molar-refractivity contribution in [3.05, 3.63) is 60.7 Å². The van der Waals surface area contributed by atoms with Crippen molar-refractivity contribution >= 4 is 22.6 Å². The van der Waals surface area contributed by atoms with Gasteiger partial charge in [-0.15, -0.1) is 6.58 Å². The average molecular weight is 394 g/mol. The first-order chi connectivity index (χ1) is 14.1. The van der Waals surface area contributed by atoms with Crippen LogP contribution in [0.15, 0.2) is 60.1 Å². The van der Waals surface area contributed by atoms with Gasteiger partial charge in [-0.25, -0.2) is 4.99 Å². The highest BCUT2D eigenvalue weighted by molar-refractivity contribution is 5.86. The third-order valence-corrected chi connectivity index (χ3v) is 5.21. The van der Waals surface area contributed by atoms with Crippen LogP contribution in [0.4, 0.5) is 0 Å². The van der Waals surface area contributed by atoms with Crippen molar-refractivity contribution < 1.29 is 4.79 Å². The van der Waals surface area contributed by atoms with Gasteiger partial charge in [0, 0.05) is 53.4 Å². The molecule has 1 amide bonds. The first-order valence-corrected chi connectivity index (χ1v) is 10.1. The van der Waals surface area contributed by atoms with E-state index in [2.05, 4.69) is 69.2 Å². The second-order valence-corrected chi connectivity index (χ2v) is 7.50. The van der Waals surface area contributed by atoms with Gasteiger partial charge >= 0.3 is 0 Å². The van der Waals surface area contributed by atoms with Crippen molar-refractivity contribution in [1.29, 1.82) is 0 Å². The Morgan fingerprint density at radius 2 is 1.86 bits per heavy atom. The Morgan fingerprint density at radius 1 is 1.14 bits per heavy atom. The Labute approximate surface area is 173 Å². The molecule has 0 spiro atoms. The number of nitrogens with one attached hydrogen (secondary N) is 1. The minimum Gasteiger partial charge on any atom is -0.353 e. The van der Waals surface area contributed by atoms with Gasteiger partial charge in [-0.05, 0) is 16.3 Å². The van der Waals surface area contributed by atoms with E-state index in [1.54, 1.807) is 25.1 Å². The summed E-state index contributed by atoms with van der Waals surface area (Å²) in [5.74, 6) is 0.780. The number of piperazine rings is 1. The lowest BCUT2D eigenvalue weighted by Crippen LogP contribution is -2.52. The molecule has 0 bridgehead atoms. The number of guanidine groups is 1. The van der Waals surface area contributed by atoms with Crippen LogP contribution in [-0.2, 0) is 11.3 Å². The Balaban J connectivity index is 1.62. The summed E-state index contributed by atoms with van der Waals surface area (Å²) in [4.78, 5) is 22.7. The fraction of sp³-hybridized carbons (Fsp3) is 0.391. The topological polar surface area (TPSA) is 51.2 Å². The van der Waals surface area contributed by atoms with Crippen LogP contribution >= 0.6 is 0 Å². The summed E-state index contributed by atoms with van der Waals surface area (Å²) >= 11 is 0. The van der Waals surface area contributed by atoms with Gasteiger partial charge in [0.05, 0.1) is 0 Å². The third-order valence-electron chi connectivity index (χ3n) is 5.21. The molecular formula is C23H31N5O. The molecule has 0 aliphatic carbocycles. The Hall–Kier alpha value is -2.86. The molecule has 0 aromatic heterocycles. The van der Waals surface area contributed by atoms with E-state index in [4.69, 9.17) is 0 Å². The van der Waals surface area contributed by atoms with Crippen molar-refractivity contribution in [3.8, 4) is 0 Å². The number of fused-ring (bicyclic) bond motifs is 1. The van der Waals surface area contributed by atoms with Crippen LogP contribution in [0, 0.1) is 0 Å². The van der Waals surface area contributed by atoms with Crippen LogP contribution in [0.25, 0.3) is 10.8 Å². The molecule has 2 aromatic carbocycles. The molecule has 0 saturated carbocycles. The summed E-state index contributed by atoms with van der Waals surface area (Å²) in [6, 6.07) is 15.1. The van der Waals surface area contributed by atoms with Crippen molar-refractivity contribution in [3.63, 3.8) is 0 Å². The van der Waals surface area contributed by atoms with Crippen molar-refractivity contribution in [2.24, 2.45) is 4.99 Å². The van der Waals surface area contributed by atoms with Crippen molar-refractivity contribution in [2.45, 2.75) is 6.54 Å². The lowest BCUT2D eigenvalue weighted by molar-refractivity contribution is -0.127. The first-order valence-electron chi connectivity index (χ1n) is 10.1. The number of nitrogens with zero attached hydrogens (tertiary/aromatic N) is 4. The maximum atomic E-state index is 11.9. The zero-order valence-electron chi connectivity index (χ0n) is 17.5. The van der Waals surface area contributed by atoms with Gasteiger partial charge in [-0.2, -0.15) is 0 Å². The molecule has 6 heteroatoms. The summed E-state index contributed by atoms with van der Waals surface area (Å²) in [5.41, 5.74) is 1.37. The molecule has 1 N–H and O–H groups in total. The summed E-state index contributed by atoms with van der Waals surface area (Å²) in [6.45, 7) is 9.17. The quantitative estimate of drug-likeness (QED) is 0.464. The largest absolute Gasteiger partial charge is 0.353 e. The van der Waals surface area contributed by atoms with Crippen LogP contribution in [0.2, 0.25) is 0 Å². The molecule has 1 saturated heterocycles. The molecule has 0 atom stereocenters.